The van der Waals surface area contributed by atoms with Gasteiger partial charge in [-0.2, -0.15) is 18.2 Å². The van der Waals surface area contributed by atoms with Crippen LogP contribution in [-0.2, 0) is 21.0 Å². The molecule has 7 nitrogen and oxygen atoms in total. The number of sulfonamides is 1. The van der Waals surface area contributed by atoms with Crippen LogP contribution in [0.1, 0.15) is 78.6 Å². The molecule has 2 fully saturated rings. The first-order valence-electron chi connectivity index (χ1n) is 12.8. The third kappa shape index (κ3) is 7.86. The number of amides is 1. The molecule has 13 heteroatoms. The molecule has 2 aromatic carbocycles. The van der Waals surface area contributed by atoms with Crippen molar-refractivity contribution in [2.75, 3.05) is 26.0 Å². The molecule has 1 aliphatic heterocycles. The SMILES string of the molecule is C[C@@H](ON1CCC(C)(COc2cc(F)c(C(=O)NS(C)(=O)=O)cc2C2CC2)CC1)c1cc(Cl)cc(C(F)(F)F)c1. The molecular weight excluding hydrogens is 576 g/mol. The van der Waals surface area contributed by atoms with Gasteiger partial charge < -0.3 is 4.74 Å². The first kappa shape index (κ1) is 30.5. The Morgan fingerprint density at radius 1 is 1.18 bits per heavy atom. The first-order chi connectivity index (χ1) is 18.5. The molecule has 0 radical (unpaired) electrons. The van der Waals surface area contributed by atoms with E-state index in [1.165, 1.54) is 12.1 Å². The molecule has 40 heavy (non-hydrogen) atoms. The molecule has 0 spiro atoms. The van der Waals surface area contributed by atoms with Gasteiger partial charge in [-0.3, -0.25) is 9.63 Å². The standard InChI is InChI=1S/C27H31ClF4N2O5S/c1-16(18-10-19(27(30,31)32)12-20(28)11-18)39-34-8-6-26(2,7-9-34)15-38-24-14-23(29)22(13-21(24)17-4-5-17)25(35)33-40(3,36)37/h10-14,16-17H,4-9,15H2,1-3H3,(H,33,35)/t16-/m1/s1. The molecule has 1 saturated heterocycles. The van der Waals surface area contributed by atoms with Gasteiger partial charge in [-0.1, -0.05) is 18.5 Å². The van der Waals surface area contributed by atoms with Crippen LogP contribution in [-0.4, -0.2) is 45.3 Å². The summed E-state index contributed by atoms with van der Waals surface area (Å²) in [4.78, 5) is 18.2. The highest BCUT2D eigenvalue weighted by Crippen LogP contribution is 2.46. The molecule has 2 aromatic rings. The number of nitrogens with one attached hydrogen (secondary N) is 1. The van der Waals surface area contributed by atoms with Crippen molar-refractivity contribution in [2.45, 2.75) is 57.7 Å². The van der Waals surface area contributed by atoms with Crippen molar-refractivity contribution in [1.29, 1.82) is 0 Å². The van der Waals surface area contributed by atoms with E-state index >= 15 is 0 Å². The van der Waals surface area contributed by atoms with Gasteiger partial charge in [0.25, 0.3) is 5.91 Å². The first-order valence-corrected chi connectivity index (χ1v) is 15.1. The normalized spacial score (nSPS) is 18.8. The Hall–Kier alpha value is -2.41. The van der Waals surface area contributed by atoms with Gasteiger partial charge >= 0.3 is 6.18 Å². The van der Waals surface area contributed by atoms with Crippen LogP contribution < -0.4 is 9.46 Å². The van der Waals surface area contributed by atoms with E-state index in [9.17, 15) is 30.8 Å². The summed E-state index contributed by atoms with van der Waals surface area (Å²) in [6, 6.07) is 5.86. The summed E-state index contributed by atoms with van der Waals surface area (Å²) in [6.45, 7) is 4.97. The molecule has 4 rings (SSSR count). The van der Waals surface area contributed by atoms with E-state index < -0.39 is 39.6 Å². The molecule has 220 valence electrons. The number of rotatable bonds is 9. The van der Waals surface area contributed by atoms with Crippen molar-refractivity contribution in [1.82, 2.24) is 9.79 Å². The van der Waals surface area contributed by atoms with Gasteiger partial charge in [0.2, 0.25) is 10.0 Å². The maximum absolute atomic E-state index is 14.8. The molecule has 2 aliphatic rings. The summed E-state index contributed by atoms with van der Waals surface area (Å²) in [5.41, 5.74) is -0.489. The fraction of sp³-hybridized carbons (Fsp3) is 0.519. The lowest BCUT2D eigenvalue weighted by Gasteiger charge is -2.39. The molecule has 1 heterocycles. The number of carbonyl (C=O) groups is 1. The number of halogens is 5. The summed E-state index contributed by atoms with van der Waals surface area (Å²) < 4.78 is 85.0. The number of ether oxygens (including phenoxy) is 1. The minimum atomic E-state index is -4.52. The van der Waals surface area contributed by atoms with Gasteiger partial charge in [-0.15, -0.1) is 0 Å². The third-order valence-corrected chi connectivity index (χ3v) is 7.94. The smallest absolute Gasteiger partial charge is 0.416 e. The van der Waals surface area contributed by atoms with E-state index in [4.69, 9.17) is 21.2 Å². The maximum Gasteiger partial charge on any atom is 0.416 e. The second kappa shape index (κ2) is 11.5. The molecule has 1 N–H and O–H groups in total. The Morgan fingerprint density at radius 3 is 2.40 bits per heavy atom. The van der Waals surface area contributed by atoms with Gasteiger partial charge in [-0.25, -0.2) is 17.5 Å². The molecule has 0 aromatic heterocycles. The minimum absolute atomic E-state index is 0.0188. The lowest BCUT2D eigenvalue weighted by atomic mass is 9.82. The highest BCUT2D eigenvalue weighted by atomic mass is 35.5. The van der Waals surface area contributed by atoms with Gasteiger partial charge in [0, 0.05) is 29.6 Å². The van der Waals surface area contributed by atoms with Crippen molar-refractivity contribution in [3.05, 3.63) is 63.4 Å². The number of piperidine rings is 1. The lowest BCUT2D eigenvalue weighted by molar-refractivity contribution is -0.215. The fourth-order valence-corrected chi connectivity index (χ4v) is 5.32. The monoisotopic (exact) mass is 606 g/mol. The third-order valence-electron chi connectivity index (χ3n) is 7.17. The fourth-order valence-electron chi connectivity index (χ4n) is 4.63. The van der Waals surface area contributed by atoms with E-state index in [2.05, 4.69) is 0 Å². The summed E-state index contributed by atoms with van der Waals surface area (Å²) in [5, 5.41) is 1.69. The van der Waals surface area contributed by atoms with Crippen LogP contribution in [0.5, 0.6) is 5.75 Å². The molecule has 1 amide bonds. The van der Waals surface area contributed by atoms with Crippen LogP contribution in [0.15, 0.2) is 30.3 Å². The molecule has 1 aliphatic carbocycles. The number of nitrogens with zero attached hydrogens (tertiary/aromatic N) is 1. The summed E-state index contributed by atoms with van der Waals surface area (Å²) in [5.74, 6) is -1.48. The summed E-state index contributed by atoms with van der Waals surface area (Å²) >= 11 is 5.91. The number of hydroxylamine groups is 2. The van der Waals surface area contributed by atoms with Crippen LogP contribution in [0.25, 0.3) is 0 Å². The predicted molar refractivity (Wildman–Crippen MR) is 141 cm³/mol. The van der Waals surface area contributed by atoms with Gasteiger partial charge in [0.05, 0.1) is 24.0 Å². The lowest BCUT2D eigenvalue weighted by Crippen LogP contribution is -2.41. The van der Waals surface area contributed by atoms with Crippen LogP contribution >= 0.6 is 11.6 Å². The second-order valence-electron chi connectivity index (χ2n) is 10.9. The van der Waals surface area contributed by atoms with Gasteiger partial charge in [0.15, 0.2) is 0 Å². The molecular formula is C27H31ClF4N2O5S. The Balaban J connectivity index is 1.37. The van der Waals surface area contributed by atoms with Crippen LogP contribution in [0.4, 0.5) is 17.6 Å². The van der Waals surface area contributed by atoms with Crippen molar-refractivity contribution < 1.29 is 40.3 Å². The van der Waals surface area contributed by atoms with E-state index in [1.807, 2.05) is 6.92 Å². The average molecular weight is 607 g/mol. The predicted octanol–water partition coefficient (Wildman–Crippen LogP) is 6.24. The molecule has 0 bridgehead atoms. The van der Waals surface area contributed by atoms with Crippen molar-refractivity contribution in [3.8, 4) is 5.75 Å². The molecule has 1 atom stereocenters. The highest BCUT2D eigenvalue weighted by Gasteiger charge is 2.35. The zero-order valence-electron chi connectivity index (χ0n) is 22.3. The number of hydrogen-bond donors (Lipinski definition) is 1. The second-order valence-corrected chi connectivity index (χ2v) is 13.1. The molecule has 1 saturated carbocycles. The van der Waals surface area contributed by atoms with Crippen LogP contribution in [0, 0.1) is 11.2 Å². The van der Waals surface area contributed by atoms with Gasteiger partial charge in [0.1, 0.15) is 17.7 Å². The Labute approximate surface area is 235 Å². The summed E-state index contributed by atoms with van der Waals surface area (Å²) in [7, 11) is -3.85. The van der Waals surface area contributed by atoms with E-state index in [-0.39, 0.29) is 28.5 Å². The zero-order valence-corrected chi connectivity index (χ0v) is 23.9. The quantitative estimate of drug-likeness (QED) is 0.340. The highest BCUT2D eigenvalue weighted by molar-refractivity contribution is 7.89. The van der Waals surface area contributed by atoms with E-state index in [0.717, 1.165) is 37.3 Å². The zero-order chi connectivity index (χ0) is 29.5. The van der Waals surface area contributed by atoms with Crippen LogP contribution in [0.2, 0.25) is 5.02 Å². The van der Waals surface area contributed by atoms with Crippen molar-refractivity contribution >= 4 is 27.5 Å². The Bertz CT molecular complexity index is 1370. The van der Waals surface area contributed by atoms with E-state index in [0.29, 0.717) is 42.8 Å². The minimum Gasteiger partial charge on any atom is -0.493 e. The van der Waals surface area contributed by atoms with Crippen molar-refractivity contribution in [3.63, 3.8) is 0 Å². The van der Waals surface area contributed by atoms with Gasteiger partial charge in [-0.05, 0) is 73.9 Å². The Morgan fingerprint density at radius 2 is 1.82 bits per heavy atom. The van der Waals surface area contributed by atoms with Crippen LogP contribution in [0.3, 0.4) is 0 Å². The number of benzene rings is 2. The van der Waals surface area contributed by atoms with Crippen molar-refractivity contribution in [2.24, 2.45) is 5.41 Å². The summed E-state index contributed by atoms with van der Waals surface area (Å²) in [6.07, 6.45) is -1.33. The number of hydrogen-bond acceptors (Lipinski definition) is 6. The Kier molecular flexibility index (Phi) is 8.75. The maximum atomic E-state index is 14.8. The number of carbonyl (C=O) groups excluding carboxylic acids is 1. The largest absolute Gasteiger partial charge is 0.493 e. The number of alkyl halides is 3. The topological polar surface area (TPSA) is 84.9 Å². The molecule has 0 unspecified atom stereocenters. The average Bonchev–Trinajstić information content (AvgIpc) is 3.68. The van der Waals surface area contributed by atoms with E-state index in [1.54, 1.807) is 16.7 Å².